The fourth-order valence-corrected chi connectivity index (χ4v) is 4.05. The second-order valence-electron chi connectivity index (χ2n) is 8.20. The van der Waals surface area contributed by atoms with Gasteiger partial charge in [0.15, 0.2) is 5.78 Å². The number of primary amides is 1. The van der Waals surface area contributed by atoms with E-state index in [1.165, 1.54) is 29.9 Å². The Kier molecular flexibility index (Phi) is 7.17. The second kappa shape index (κ2) is 10.3. The van der Waals surface area contributed by atoms with E-state index < -0.39 is 30.3 Å². The molecule has 2 aromatic heterocycles. The maximum absolute atomic E-state index is 14.6. The van der Waals surface area contributed by atoms with E-state index in [0.717, 1.165) is 23.8 Å². The van der Waals surface area contributed by atoms with Gasteiger partial charge in [0, 0.05) is 11.5 Å². The summed E-state index contributed by atoms with van der Waals surface area (Å²) in [6, 6.07) is 7.78. The van der Waals surface area contributed by atoms with Crippen LogP contribution in [-0.2, 0) is 4.79 Å². The zero-order valence-corrected chi connectivity index (χ0v) is 19.5. The van der Waals surface area contributed by atoms with Gasteiger partial charge in [-0.2, -0.15) is 4.37 Å². The summed E-state index contributed by atoms with van der Waals surface area (Å²) < 4.78 is 24.9. The Labute approximate surface area is 204 Å². The summed E-state index contributed by atoms with van der Waals surface area (Å²) >= 11 is 1.19. The number of carbonyl (C=O) groups is 3. The van der Waals surface area contributed by atoms with Gasteiger partial charge in [-0.3, -0.25) is 14.4 Å². The Morgan fingerprint density at radius 3 is 2.63 bits per heavy atom. The lowest BCUT2D eigenvalue weighted by Gasteiger charge is -2.13. The summed E-state index contributed by atoms with van der Waals surface area (Å²) in [5.41, 5.74) is 6.17. The molecule has 2 amide bonds. The predicted octanol–water partition coefficient (Wildman–Crippen LogP) is 2.65. The normalized spacial score (nSPS) is 14.7. The second-order valence-corrected chi connectivity index (χ2v) is 9.03. The van der Waals surface area contributed by atoms with Crippen molar-refractivity contribution in [2.75, 3.05) is 6.61 Å². The summed E-state index contributed by atoms with van der Waals surface area (Å²) in [7, 11) is 0. The van der Waals surface area contributed by atoms with Crippen LogP contribution in [0.25, 0.3) is 11.3 Å². The molecule has 1 saturated carbocycles. The molecule has 0 aliphatic heterocycles. The number of benzene rings is 1. The van der Waals surface area contributed by atoms with Gasteiger partial charge in [-0.15, -0.1) is 0 Å². The zero-order valence-electron chi connectivity index (χ0n) is 18.7. The van der Waals surface area contributed by atoms with Gasteiger partial charge < -0.3 is 20.9 Å². The quantitative estimate of drug-likeness (QED) is 0.365. The molecule has 1 aliphatic carbocycles. The topological polar surface area (TPSA) is 144 Å². The maximum atomic E-state index is 14.6. The smallest absolute Gasteiger partial charge is 0.254 e. The minimum atomic E-state index is -1.31. The van der Waals surface area contributed by atoms with Gasteiger partial charge in [0.2, 0.25) is 5.91 Å². The van der Waals surface area contributed by atoms with Gasteiger partial charge in [-0.05, 0) is 61.6 Å². The fourth-order valence-electron chi connectivity index (χ4n) is 3.33. The summed E-state index contributed by atoms with van der Waals surface area (Å²) in [4.78, 5) is 40.5. The van der Waals surface area contributed by atoms with E-state index >= 15 is 0 Å². The van der Waals surface area contributed by atoms with Crippen molar-refractivity contribution in [2.45, 2.75) is 31.9 Å². The molecule has 11 heteroatoms. The molecule has 9 nitrogen and oxygen atoms in total. The van der Waals surface area contributed by atoms with E-state index in [4.69, 9.17) is 15.6 Å². The Balaban J connectivity index is 1.42. The highest BCUT2D eigenvalue weighted by atomic mass is 32.1. The molecule has 0 spiro atoms. The lowest BCUT2D eigenvalue weighted by atomic mass is 10.1. The molecule has 0 unspecified atom stereocenters. The van der Waals surface area contributed by atoms with Crippen LogP contribution >= 0.6 is 11.5 Å². The van der Waals surface area contributed by atoms with E-state index in [0.29, 0.717) is 22.7 Å². The van der Waals surface area contributed by atoms with E-state index in [9.17, 15) is 18.8 Å². The highest BCUT2D eigenvalue weighted by Gasteiger charge is 2.31. The molecule has 2 atom stereocenters. The molecular formula is C24H23FN4O5S. The Morgan fingerprint density at radius 2 is 2.03 bits per heavy atom. The van der Waals surface area contributed by atoms with Crippen LogP contribution in [-0.4, -0.2) is 44.7 Å². The van der Waals surface area contributed by atoms with Crippen LogP contribution in [0.1, 0.15) is 51.6 Å². The number of ether oxygens (including phenoxy) is 1. The number of nitrogens with one attached hydrogen (secondary N) is 1. The van der Waals surface area contributed by atoms with Crippen molar-refractivity contribution >= 4 is 29.1 Å². The summed E-state index contributed by atoms with van der Waals surface area (Å²) in [6.45, 7) is 1.15. The van der Waals surface area contributed by atoms with Crippen LogP contribution in [0.4, 0.5) is 4.39 Å². The van der Waals surface area contributed by atoms with Gasteiger partial charge in [0.05, 0.1) is 28.9 Å². The van der Waals surface area contributed by atoms with Gasteiger partial charge in [0.1, 0.15) is 29.4 Å². The number of amides is 2. The molecular weight excluding hydrogens is 475 g/mol. The lowest BCUT2D eigenvalue weighted by molar-refractivity contribution is -0.120. The van der Waals surface area contributed by atoms with Crippen LogP contribution in [0.15, 0.2) is 42.6 Å². The van der Waals surface area contributed by atoms with Crippen LogP contribution in [0, 0.1) is 11.7 Å². The van der Waals surface area contributed by atoms with Crippen LogP contribution < -0.4 is 15.8 Å². The number of halogens is 1. The molecule has 3 aromatic rings. The third kappa shape index (κ3) is 5.69. The number of ketones is 1. The summed E-state index contributed by atoms with van der Waals surface area (Å²) in [6.07, 6.45) is 2.99. The molecule has 0 bridgehead atoms. The largest absolute Gasteiger partial charge is 0.484 e. The monoisotopic (exact) mass is 498 g/mol. The third-order valence-electron chi connectivity index (χ3n) is 5.52. The number of rotatable bonds is 10. The minimum Gasteiger partial charge on any atom is -0.484 e. The van der Waals surface area contributed by atoms with Gasteiger partial charge in [0.25, 0.3) is 5.91 Å². The first-order valence-electron chi connectivity index (χ1n) is 10.9. The first kappa shape index (κ1) is 24.4. The molecule has 35 heavy (non-hydrogen) atoms. The Bertz CT molecular complexity index is 1260. The van der Waals surface area contributed by atoms with Crippen molar-refractivity contribution in [1.82, 2.24) is 14.7 Å². The first-order valence-corrected chi connectivity index (χ1v) is 11.7. The third-order valence-corrected chi connectivity index (χ3v) is 6.47. The number of aliphatic hydroxyl groups is 1. The van der Waals surface area contributed by atoms with E-state index in [1.807, 2.05) is 6.92 Å². The molecule has 4 rings (SSSR count). The summed E-state index contributed by atoms with van der Waals surface area (Å²) in [5, 5.41) is 11.3. The van der Waals surface area contributed by atoms with Gasteiger partial charge in [-0.25, -0.2) is 9.37 Å². The number of nitrogens with two attached hydrogens (primary N) is 1. The number of nitrogens with zero attached hydrogens (tertiary/aromatic N) is 2. The van der Waals surface area contributed by atoms with E-state index in [-0.39, 0.29) is 23.4 Å². The van der Waals surface area contributed by atoms with Crippen molar-refractivity contribution in [3.63, 3.8) is 0 Å². The Morgan fingerprint density at radius 1 is 1.26 bits per heavy atom. The number of hydrogen-bond donors (Lipinski definition) is 3. The standard InChI is InChI=1S/C24H23FN4O5S/c1-12(34-15-5-7-18(27-10-15)22(31)13-2-3-13)21-9-19(29-35-21)14-4-6-16(17(25)8-14)24(33)28-20(11-30)23(26)32/h4-10,12-13,20,30H,2-3,11H2,1H3,(H2,26,32)(H,28,33)/t12-,20-/m1/s1. The number of hydrogen-bond acceptors (Lipinski definition) is 8. The molecule has 2 heterocycles. The highest BCUT2D eigenvalue weighted by molar-refractivity contribution is 7.06. The van der Waals surface area contributed by atoms with Crippen molar-refractivity contribution in [3.05, 3.63) is 64.5 Å². The van der Waals surface area contributed by atoms with Crippen LogP contribution in [0.3, 0.4) is 0 Å². The van der Waals surface area contributed by atoms with Crippen molar-refractivity contribution in [3.8, 4) is 17.0 Å². The maximum Gasteiger partial charge on any atom is 0.254 e. The average molecular weight is 499 g/mol. The molecule has 182 valence electrons. The molecule has 0 radical (unpaired) electrons. The zero-order chi connectivity index (χ0) is 25.1. The van der Waals surface area contributed by atoms with Gasteiger partial charge in [-0.1, -0.05) is 6.07 Å². The first-order chi connectivity index (χ1) is 16.8. The fraction of sp³-hybridized carbons (Fsp3) is 0.292. The highest BCUT2D eigenvalue weighted by Crippen LogP contribution is 2.33. The SMILES string of the molecule is C[C@@H](Oc1ccc(C(=O)C2CC2)nc1)c1cc(-c2ccc(C(=O)N[C@H](CO)C(N)=O)c(F)c2)ns1. The van der Waals surface area contributed by atoms with Crippen LogP contribution in [0.2, 0.25) is 0 Å². The number of carbonyl (C=O) groups excluding carboxylic acids is 3. The molecule has 4 N–H and O–H groups in total. The van der Waals surface area contributed by atoms with Crippen molar-refractivity contribution in [2.24, 2.45) is 11.7 Å². The van der Waals surface area contributed by atoms with E-state index in [2.05, 4.69) is 14.7 Å². The molecule has 1 aromatic carbocycles. The van der Waals surface area contributed by atoms with Crippen molar-refractivity contribution < 1.29 is 28.6 Å². The number of Topliss-reactive ketones (excluding diaryl/α,β-unsaturated/α-hetero) is 1. The average Bonchev–Trinajstić information content (AvgIpc) is 3.57. The van der Waals surface area contributed by atoms with Gasteiger partial charge >= 0.3 is 0 Å². The molecule has 1 fully saturated rings. The van der Waals surface area contributed by atoms with Crippen LogP contribution in [0.5, 0.6) is 5.75 Å². The predicted molar refractivity (Wildman–Crippen MR) is 125 cm³/mol. The Hall–Kier alpha value is -3.70. The lowest BCUT2D eigenvalue weighted by Crippen LogP contribution is -2.47. The van der Waals surface area contributed by atoms with E-state index in [1.54, 1.807) is 18.2 Å². The number of aromatic nitrogens is 2. The number of pyridine rings is 1. The minimum absolute atomic E-state index is 0.0634. The number of aliphatic hydroxyl groups excluding tert-OH is 1. The van der Waals surface area contributed by atoms with Crippen molar-refractivity contribution in [1.29, 1.82) is 0 Å². The molecule has 1 aliphatic rings. The summed E-state index contributed by atoms with van der Waals surface area (Å²) in [5.74, 6) is -1.93. The molecule has 0 saturated heterocycles.